The molecule has 0 saturated carbocycles. The quantitative estimate of drug-likeness (QED) is 0.183. The van der Waals surface area contributed by atoms with Gasteiger partial charge in [-0.1, -0.05) is 42.2 Å². The second-order valence-electron chi connectivity index (χ2n) is 9.36. The Morgan fingerprint density at radius 1 is 1.10 bits per heavy atom. The number of nitrogens with one attached hydrogen (secondary N) is 2. The fourth-order valence-electron chi connectivity index (χ4n) is 4.78. The number of hydrogen-bond donors (Lipinski definition) is 3. The molecule has 0 fully saturated rings. The minimum atomic E-state index is -0.451. The van der Waals surface area contributed by atoms with E-state index in [2.05, 4.69) is 32.3 Å². The number of nitrogens with two attached hydrogens (primary N) is 1. The van der Waals surface area contributed by atoms with Gasteiger partial charge >= 0.3 is 0 Å². The fourth-order valence-corrected chi connectivity index (χ4v) is 4.78. The molecule has 40 heavy (non-hydrogen) atoms. The normalized spacial score (nSPS) is 11.8. The van der Waals surface area contributed by atoms with Crippen LogP contribution in [0.5, 0.6) is 0 Å². The summed E-state index contributed by atoms with van der Waals surface area (Å²) in [7, 11) is 1.83. The molecular formula is C30H25N9O. The molecular weight excluding hydrogens is 502 g/mol. The third-order valence-electron chi connectivity index (χ3n) is 6.61. The average Bonchev–Trinajstić information content (AvgIpc) is 3.53. The van der Waals surface area contributed by atoms with Gasteiger partial charge in [-0.05, 0) is 42.6 Å². The molecule has 4 N–H and O–H groups in total. The zero-order valence-electron chi connectivity index (χ0n) is 21.8. The second-order valence-corrected chi connectivity index (χ2v) is 9.36. The van der Waals surface area contributed by atoms with Crippen molar-refractivity contribution in [2.45, 2.75) is 13.0 Å². The highest BCUT2D eigenvalue weighted by Crippen LogP contribution is 2.24. The summed E-state index contributed by atoms with van der Waals surface area (Å²) >= 11 is 0. The van der Waals surface area contributed by atoms with E-state index in [9.17, 15) is 4.79 Å². The highest BCUT2D eigenvalue weighted by atomic mass is 16.1. The summed E-state index contributed by atoms with van der Waals surface area (Å²) < 4.78 is 4.89. The number of rotatable bonds is 4. The molecule has 0 aliphatic rings. The third kappa shape index (κ3) is 4.35. The number of pyridine rings is 1. The van der Waals surface area contributed by atoms with E-state index in [1.54, 1.807) is 33.9 Å². The van der Waals surface area contributed by atoms with Crippen molar-refractivity contribution in [1.29, 1.82) is 5.41 Å². The molecule has 1 unspecified atom stereocenters. The van der Waals surface area contributed by atoms with Crippen LogP contribution in [0.15, 0.2) is 90.2 Å². The Morgan fingerprint density at radius 2 is 1.93 bits per heavy atom. The summed E-state index contributed by atoms with van der Waals surface area (Å²) in [5, 5.41) is 21.7. The largest absolute Gasteiger partial charge is 0.382 e. The van der Waals surface area contributed by atoms with Crippen LogP contribution in [0.3, 0.4) is 0 Å². The topological polar surface area (TPSA) is 132 Å². The zero-order chi connectivity index (χ0) is 27.8. The van der Waals surface area contributed by atoms with Crippen LogP contribution < -0.4 is 16.6 Å². The summed E-state index contributed by atoms with van der Waals surface area (Å²) in [6.07, 6.45) is 6.87. The lowest BCUT2D eigenvalue weighted by atomic mass is 10.0. The van der Waals surface area contributed by atoms with Crippen molar-refractivity contribution in [1.82, 2.24) is 34.3 Å². The molecule has 0 amide bonds. The number of aryl methyl sites for hydroxylation is 1. The number of fused-ring (bicyclic) bond motifs is 2. The smallest absolute Gasteiger partial charge is 0.264 e. The van der Waals surface area contributed by atoms with Crippen LogP contribution in [0, 0.1) is 17.3 Å². The van der Waals surface area contributed by atoms with E-state index in [0.717, 1.165) is 10.9 Å². The minimum Gasteiger partial charge on any atom is -0.382 e. The number of aromatic nitrogens is 6. The molecule has 0 aliphatic heterocycles. The van der Waals surface area contributed by atoms with E-state index in [-0.39, 0.29) is 17.2 Å². The van der Waals surface area contributed by atoms with Crippen molar-refractivity contribution in [3.8, 4) is 17.5 Å². The first kappa shape index (κ1) is 24.6. The summed E-state index contributed by atoms with van der Waals surface area (Å²) in [6.45, 7) is 1.90. The van der Waals surface area contributed by atoms with Gasteiger partial charge in [-0.15, -0.1) is 5.10 Å². The molecule has 0 saturated heterocycles. The van der Waals surface area contributed by atoms with Gasteiger partial charge < -0.3 is 11.1 Å². The van der Waals surface area contributed by atoms with Gasteiger partial charge in [-0.3, -0.25) is 19.5 Å². The summed E-state index contributed by atoms with van der Waals surface area (Å²) in [6, 6.07) is 18.3. The Morgan fingerprint density at radius 3 is 2.70 bits per heavy atom. The Hall–Kier alpha value is -5.69. The third-order valence-corrected chi connectivity index (χ3v) is 6.61. The van der Waals surface area contributed by atoms with Crippen molar-refractivity contribution in [3.63, 3.8) is 0 Å². The van der Waals surface area contributed by atoms with E-state index >= 15 is 0 Å². The van der Waals surface area contributed by atoms with E-state index in [0.29, 0.717) is 33.5 Å². The van der Waals surface area contributed by atoms with Gasteiger partial charge in [0.1, 0.15) is 11.4 Å². The van der Waals surface area contributed by atoms with Crippen LogP contribution in [-0.4, -0.2) is 34.8 Å². The van der Waals surface area contributed by atoms with Crippen molar-refractivity contribution in [2.75, 3.05) is 5.73 Å². The maximum absolute atomic E-state index is 14.2. The molecule has 4 aromatic heterocycles. The summed E-state index contributed by atoms with van der Waals surface area (Å²) in [5.74, 6) is 6.53. The lowest BCUT2D eigenvalue weighted by Gasteiger charge is -2.22. The fraction of sp³-hybridized carbons (Fsp3) is 0.100. The van der Waals surface area contributed by atoms with Crippen LogP contribution in [0.2, 0.25) is 0 Å². The predicted octanol–water partition coefficient (Wildman–Crippen LogP) is 3.43. The lowest BCUT2D eigenvalue weighted by Crippen LogP contribution is -2.32. The number of hydrogen-bond acceptors (Lipinski definition) is 6. The van der Waals surface area contributed by atoms with Crippen molar-refractivity contribution in [3.05, 3.63) is 118 Å². The van der Waals surface area contributed by atoms with E-state index in [1.165, 1.54) is 4.52 Å². The van der Waals surface area contributed by atoms with Gasteiger partial charge in [0.2, 0.25) is 0 Å². The number of para-hydroxylation sites is 1. The summed E-state index contributed by atoms with van der Waals surface area (Å²) in [4.78, 5) is 18.5. The molecule has 0 aliphatic carbocycles. The van der Waals surface area contributed by atoms with Crippen LogP contribution >= 0.6 is 0 Å². The highest BCUT2D eigenvalue weighted by molar-refractivity contribution is 6.06. The first-order valence-electron chi connectivity index (χ1n) is 12.6. The molecule has 6 aromatic rings. The number of anilines is 1. The highest BCUT2D eigenvalue weighted by Gasteiger charge is 2.22. The van der Waals surface area contributed by atoms with Crippen LogP contribution in [-0.2, 0) is 7.05 Å². The Balaban J connectivity index is 1.48. The SMILES string of the molecule is CC(NC(=N)c1c(N)nn2cccnc12)c1cc2cccc(C#Cc3cnn(C)c3)c2c(=O)n1-c1ccccc1. The van der Waals surface area contributed by atoms with Crippen LogP contribution in [0.1, 0.15) is 35.3 Å². The zero-order valence-corrected chi connectivity index (χ0v) is 21.8. The summed E-state index contributed by atoms with van der Waals surface area (Å²) in [5.41, 5.74) is 9.59. The Bertz CT molecular complexity index is 2020. The van der Waals surface area contributed by atoms with Gasteiger partial charge in [-0.25, -0.2) is 9.50 Å². The van der Waals surface area contributed by atoms with Crippen molar-refractivity contribution in [2.24, 2.45) is 7.05 Å². The van der Waals surface area contributed by atoms with Crippen LogP contribution in [0.4, 0.5) is 5.82 Å². The maximum atomic E-state index is 14.2. The minimum absolute atomic E-state index is 0.0574. The molecule has 0 spiro atoms. The van der Waals surface area contributed by atoms with Gasteiger partial charge in [-0.2, -0.15) is 5.10 Å². The lowest BCUT2D eigenvalue weighted by molar-refractivity contribution is 0.661. The number of nitrogens with zero attached hydrogens (tertiary/aromatic N) is 6. The van der Waals surface area contributed by atoms with Gasteiger partial charge in [0.05, 0.1) is 23.2 Å². The van der Waals surface area contributed by atoms with Crippen molar-refractivity contribution < 1.29 is 0 Å². The van der Waals surface area contributed by atoms with E-state index in [1.807, 2.05) is 74.8 Å². The maximum Gasteiger partial charge on any atom is 0.264 e. The first-order chi connectivity index (χ1) is 19.4. The number of amidine groups is 1. The standard InChI is InChI=1S/C30H25N9O/c1-19(35-27(31)26-28(32)36-38-15-7-14-33-29(26)38)24-16-22-9-6-8-21(13-12-20-17-34-37(2)18-20)25(22)30(40)39(24)23-10-4-3-5-11-23/h3-11,14-19H,1-2H3,(H2,31,35)(H2,32,36). The molecule has 10 heteroatoms. The Labute approximate surface area is 229 Å². The molecule has 0 radical (unpaired) electrons. The second kappa shape index (κ2) is 9.89. The van der Waals surface area contributed by atoms with Gasteiger partial charge in [0.15, 0.2) is 11.5 Å². The van der Waals surface area contributed by atoms with Crippen molar-refractivity contribution >= 4 is 28.1 Å². The van der Waals surface area contributed by atoms with Gasteiger partial charge in [0.25, 0.3) is 5.56 Å². The first-order valence-corrected chi connectivity index (χ1v) is 12.6. The van der Waals surface area contributed by atoms with E-state index < -0.39 is 6.04 Å². The monoisotopic (exact) mass is 527 g/mol. The molecule has 10 nitrogen and oxygen atoms in total. The average molecular weight is 528 g/mol. The molecule has 4 heterocycles. The molecule has 0 bridgehead atoms. The predicted molar refractivity (Wildman–Crippen MR) is 155 cm³/mol. The molecule has 1 atom stereocenters. The number of benzene rings is 2. The van der Waals surface area contributed by atoms with Crippen LogP contribution in [0.25, 0.3) is 22.1 Å². The Kier molecular flexibility index (Phi) is 6.09. The van der Waals surface area contributed by atoms with Gasteiger partial charge in [0, 0.05) is 42.6 Å². The molecule has 6 rings (SSSR count). The molecule has 196 valence electrons. The van der Waals surface area contributed by atoms with E-state index in [4.69, 9.17) is 11.1 Å². The molecule has 2 aromatic carbocycles. The number of nitrogen functional groups attached to an aromatic ring is 1.